The van der Waals surface area contributed by atoms with Gasteiger partial charge in [0.25, 0.3) is 0 Å². The molecule has 30 heavy (non-hydrogen) atoms. The molecule has 0 spiro atoms. The van der Waals surface area contributed by atoms with Gasteiger partial charge in [-0.05, 0) is 42.5 Å². The second kappa shape index (κ2) is 8.75. The van der Waals surface area contributed by atoms with Gasteiger partial charge in [-0.15, -0.1) is 0 Å². The number of esters is 1. The third-order valence-electron chi connectivity index (χ3n) is 4.17. The van der Waals surface area contributed by atoms with Gasteiger partial charge in [0, 0.05) is 18.8 Å². The number of carbonyl (C=O) groups is 1. The highest BCUT2D eigenvalue weighted by Crippen LogP contribution is 2.34. The summed E-state index contributed by atoms with van der Waals surface area (Å²) in [6.45, 7) is 1.66. The second-order valence-corrected chi connectivity index (χ2v) is 6.75. The van der Waals surface area contributed by atoms with E-state index in [1.165, 1.54) is 13.3 Å². The van der Waals surface area contributed by atoms with E-state index in [2.05, 4.69) is 20.3 Å². The summed E-state index contributed by atoms with van der Waals surface area (Å²) in [4.78, 5) is 24.2. The molecule has 4 aromatic rings. The van der Waals surface area contributed by atoms with Crippen LogP contribution in [0.4, 0.5) is 11.5 Å². The first-order valence-corrected chi connectivity index (χ1v) is 9.49. The number of fused-ring (bicyclic) bond motifs is 1. The molecule has 2 aromatic heterocycles. The van der Waals surface area contributed by atoms with Gasteiger partial charge in [0.15, 0.2) is 0 Å². The van der Waals surface area contributed by atoms with E-state index in [0.29, 0.717) is 45.5 Å². The van der Waals surface area contributed by atoms with Gasteiger partial charge < -0.3 is 14.8 Å². The lowest BCUT2D eigenvalue weighted by atomic mass is 10.2. The number of nitrogens with zero attached hydrogens (tertiary/aromatic N) is 3. The van der Waals surface area contributed by atoms with E-state index in [1.54, 1.807) is 30.5 Å². The number of benzene rings is 2. The molecule has 0 unspecified atom stereocenters. The average molecular weight is 421 g/mol. The van der Waals surface area contributed by atoms with E-state index in [4.69, 9.17) is 21.1 Å². The molecular weight excluding hydrogens is 404 g/mol. The molecule has 0 bridgehead atoms. The Kier molecular flexibility index (Phi) is 5.72. The molecule has 0 saturated carbocycles. The van der Waals surface area contributed by atoms with Crippen molar-refractivity contribution in [3.05, 3.63) is 77.8 Å². The quantitative estimate of drug-likeness (QED) is 0.349. The summed E-state index contributed by atoms with van der Waals surface area (Å²) < 4.78 is 11.1. The molecule has 7 nitrogen and oxygen atoms in total. The minimum absolute atomic E-state index is 0.315. The number of hydrogen-bond donors (Lipinski definition) is 1. The minimum atomic E-state index is -0.422. The SMILES string of the molecule is CC(=O)Oc1cccc2ncnc(Nc3ccc(OCc4ccccn4)c(Cl)c3)c12. The number of halogens is 1. The van der Waals surface area contributed by atoms with Gasteiger partial charge >= 0.3 is 5.97 Å². The number of aromatic nitrogens is 3. The lowest BCUT2D eigenvalue weighted by Crippen LogP contribution is -2.04. The first-order valence-electron chi connectivity index (χ1n) is 9.11. The van der Waals surface area contributed by atoms with Crippen LogP contribution in [-0.4, -0.2) is 20.9 Å². The van der Waals surface area contributed by atoms with E-state index >= 15 is 0 Å². The first-order chi connectivity index (χ1) is 14.6. The van der Waals surface area contributed by atoms with Crippen molar-refractivity contribution in [2.45, 2.75) is 13.5 Å². The van der Waals surface area contributed by atoms with E-state index in [-0.39, 0.29) is 0 Å². The van der Waals surface area contributed by atoms with Crippen molar-refractivity contribution in [2.75, 3.05) is 5.32 Å². The van der Waals surface area contributed by atoms with Crippen molar-refractivity contribution in [3.63, 3.8) is 0 Å². The van der Waals surface area contributed by atoms with Gasteiger partial charge in [-0.1, -0.05) is 23.7 Å². The van der Waals surface area contributed by atoms with Crippen LogP contribution in [0.15, 0.2) is 67.1 Å². The number of hydrogen-bond acceptors (Lipinski definition) is 7. The monoisotopic (exact) mass is 420 g/mol. The summed E-state index contributed by atoms with van der Waals surface area (Å²) in [5.41, 5.74) is 2.15. The molecule has 0 fully saturated rings. The van der Waals surface area contributed by atoms with Gasteiger partial charge in [0.2, 0.25) is 0 Å². The maximum atomic E-state index is 11.5. The summed E-state index contributed by atoms with van der Waals surface area (Å²) in [6.07, 6.45) is 3.15. The molecule has 2 aromatic carbocycles. The van der Waals surface area contributed by atoms with Crippen LogP contribution in [0.1, 0.15) is 12.6 Å². The number of carbonyl (C=O) groups excluding carboxylic acids is 1. The lowest BCUT2D eigenvalue weighted by Gasteiger charge is -2.13. The Bertz CT molecular complexity index is 1200. The number of nitrogens with one attached hydrogen (secondary N) is 1. The third-order valence-corrected chi connectivity index (χ3v) is 4.47. The topological polar surface area (TPSA) is 86.2 Å². The van der Waals surface area contributed by atoms with E-state index in [1.807, 2.05) is 30.3 Å². The molecule has 0 radical (unpaired) electrons. The lowest BCUT2D eigenvalue weighted by molar-refractivity contribution is -0.131. The summed E-state index contributed by atoms with van der Waals surface area (Å²) in [7, 11) is 0. The highest BCUT2D eigenvalue weighted by molar-refractivity contribution is 6.32. The van der Waals surface area contributed by atoms with Gasteiger partial charge in [-0.2, -0.15) is 0 Å². The van der Waals surface area contributed by atoms with Crippen LogP contribution in [0.5, 0.6) is 11.5 Å². The van der Waals surface area contributed by atoms with Crippen molar-refractivity contribution in [1.29, 1.82) is 0 Å². The average Bonchev–Trinajstić information content (AvgIpc) is 2.74. The first kappa shape index (κ1) is 19.6. The summed E-state index contributed by atoms with van der Waals surface area (Å²) in [6, 6.07) is 16.2. The molecule has 2 heterocycles. The Morgan fingerprint density at radius 3 is 2.70 bits per heavy atom. The van der Waals surface area contributed by atoms with Gasteiger partial charge in [-0.25, -0.2) is 9.97 Å². The zero-order valence-corrected chi connectivity index (χ0v) is 16.8. The Morgan fingerprint density at radius 2 is 1.93 bits per heavy atom. The van der Waals surface area contributed by atoms with Crippen LogP contribution < -0.4 is 14.8 Å². The Hall–Kier alpha value is -3.71. The molecule has 0 atom stereocenters. The molecular formula is C22H17ClN4O3. The number of pyridine rings is 1. The maximum Gasteiger partial charge on any atom is 0.308 e. The zero-order chi connectivity index (χ0) is 20.9. The largest absolute Gasteiger partial charge is 0.486 e. The van der Waals surface area contributed by atoms with Gasteiger partial charge in [0.1, 0.15) is 30.3 Å². The normalized spacial score (nSPS) is 10.6. The molecule has 0 saturated heterocycles. The van der Waals surface area contributed by atoms with Crippen LogP contribution in [0, 0.1) is 0 Å². The van der Waals surface area contributed by atoms with Crippen molar-refractivity contribution < 1.29 is 14.3 Å². The molecule has 150 valence electrons. The van der Waals surface area contributed by atoms with Crippen LogP contribution >= 0.6 is 11.6 Å². The van der Waals surface area contributed by atoms with E-state index in [9.17, 15) is 4.79 Å². The zero-order valence-electron chi connectivity index (χ0n) is 16.0. The summed E-state index contributed by atoms with van der Waals surface area (Å²) in [5, 5.41) is 4.25. The van der Waals surface area contributed by atoms with Crippen molar-refractivity contribution in [3.8, 4) is 11.5 Å². The van der Waals surface area contributed by atoms with Crippen molar-refractivity contribution >= 4 is 40.0 Å². The molecule has 0 amide bonds. The predicted molar refractivity (Wildman–Crippen MR) is 114 cm³/mol. The summed E-state index contributed by atoms with van der Waals surface area (Å²) in [5.74, 6) is 0.996. The molecule has 0 aliphatic carbocycles. The van der Waals surface area contributed by atoms with E-state index in [0.717, 1.165) is 5.69 Å². The fourth-order valence-corrected chi connectivity index (χ4v) is 3.12. The summed E-state index contributed by atoms with van der Waals surface area (Å²) >= 11 is 6.39. The Morgan fingerprint density at radius 1 is 1.03 bits per heavy atom. The van der Waals surface area contributed by atoms with Crippen molar-refractivity contribution in [2.24, 2.45) is 0 Å². The number of ether oxygens (including phenoxy) is 2. The Labute approximate surface area is 177 Å². The smallest absolute Gasteiger partial charge is 0.308 e. The maximum absolute atomic E-state index is 11.5. The van der Waals surface area contributed by atoms with Gasteiger partial charge in [0.05, 0.1) is 21.6 Å². The van der Waals surface area contributed by atoms with Crippen LogP contribution in [-0.2, 0) is 11.4 Å². The number of anilines is 2. The standard InChI is InChI=1S/C22H17ClN4O3/c1-14(28)30-20-7-4-6-18-21(20)22(26-13-25-18)27-15-8-9-19(17(23)11-15)29-12-16-5-2-3-10-24-16/h2-11,13H,12H2,1H3,(H,25,26,27). The minimum Gasteiger partial charge on any atom is -0.486 e. The fraction of sp³-hybridized carbons (Fsp3) is 0.0909. The Balaban J connectivity index is 1.58. The molecule has 1 N–H and O–H groups in total. The van der Waals surface area contributed by atoms with E-state index < -0.39 is 5.97 Å². The fourth-order valence-electron chi connectivity index (χ4n) is 2.88. The molecule has 0 aliphatic heterocycles. The van der Waals surface area contributed by atoms with Crippen LogP contribution in [0.3, 0.4) is 0 Å². The van der Waals surface area contributed by atoms with Crippen molar-refractivity contribution in [1.82, 2.24) is 15.0 Å². The predicted octanol–water partition coefficient (Wildman–Crippen LogP) is 4.93. The molecule has 8 heteroatoms. The number of rotatable bonds is 6. The highest BCUT2D eigenvalue weighted by Gasteiger charge is 2.13. The van der Waals surface area contributed by atoms with Crippen LogP contribution in [0.25, 0.3) is 10.9 Å². The van der Waals surface area contributed by atoms with Crippen LogP contribution in [0.2, 0.25) is 5.02 Å². The second-order valence-electron chi connectivity index (χ2n) is 6.35. The van der Waals surface area contributed by atoms with Gasteiger partial charge in [-0.3, -0.25) is 9.78 Å². The molecule has 0 aliphatic rings. The highest BCUT2D eigenvalue weighted by atomic mass is 35.5. The molecule has 4 rings (SSSR count). The third kappa shape index (κ3) is 4.47.